The molecule has 2 atom stereocenters. The molecule has 3 aliphatic rings. The Bertz CT molecular complexity index is 880. The first kappa shape index (κ1) is 15.7. The first-order valence-corrected chi connectivity index (χ1v) is 9.10. The highest BCUT2D eigenvalue weighted by molar-refractivity contribution is 6.03. The summed E-state index contributed by atoms with van der Waals surface area (Å²) in [5.41, 5.74) is 4.10. The van der Waals surface area contributed by atoms with Crippen molar-refractivity contribution in [2.24, 2.45) is 11.1 Å². The molecule has 0 aliphatic carbocycles. The molecule has 5 rings (SSSR count). The van der Waals surface area contributed by atoms with Crippen molar-refractivity contribution in [3.05, 3.63) is 59.2 Å². The largest absolute Gasteiger partial charge is 0.493 e. The van der Waals surface area contributed by atoms with Crippen LogP contribution in [-0.4, -0.2) is 37.9 Å². The predicted octanol–water partition coefficient (Wildman–Crippen LogP) is 3.17. The van der Waals surface area contributed by atoms with E-state index in [1.807, 2.05) is 6.07 Å². The molecule has 0 aromatic heterocycles. The highest BCUT2D eigenvalue weighted by atomic mass is 16.7. The Hall–Kier alpha value is -2.53. The van der Waals surface area contributed by atoms with Crippen molar-refractivity contribution in [1.82, 2.24) is 4.90 Å². The number of benzene rings is 2. The Balaban J connectivity index is 1.64. The molecule has 1 spiro atoms. The second-order valence-electron chi connectivity index (χ2n) is 7.07. The number of nitrogens with zero attached hydrogens (tertiary/aromatic N) is 2. The van der Waals surface area contributed by atoms with E-state index >= 15 is 0 Å². The van der Waals surface area contributed by atoms with Crippen molar-refractivity contribution in [3.8, 4) is 11.5 Å². The zero-order chi connectivity index (χ0) is 17.7. The third-order valence-corrected chi connectivity index (χ3v) is 5.96. The van der Waals surface area contributed by atoms with Crippen molar-refractivity contribution in [2.75, 3.05) is 27.3 Å². The quantitative estimate of drug-likeness (QED) is 0.853. The fraction of sp³-hybridized carbons (Fsp3) is 0.381. The van der Waals surface area contributed by atoms with Gasteiger partial charge >= 0.3 is 0 Å². The smallest absolute Gasteiger partial charge is 0.226 e. The minimum atomic E-state index is -0.516. The van der Waals surface area contributed by atoms with Gasteiger partial charge in [-0.05, 0) is 36.1 Å². The Kier molecular flexibility index (Phi) is 3.47. The van der Waals surface area contributed by atoms with Crippen molar-refractivity contribution in [2.45, 2.75) is 18.6 Å². The molecule has 134 valence electrons. The lowest BCUT2D eigenvalue weighted by molar-refractivity contribution is -0.145. The van der Waals surface area contributed by atoms with Crippen molar-refractivity contribution in [3.63, 3.8) is 0 Å². The number of rotatable bonds is 3. The van der Waals surface area contributed by atoms with E-state index in [0.29, 0.717) is 0 Å². The van der Waals surface area contributed by atoms with E-state index in [4.69, 9.17) is 14.3 Å². The average Bonchev–Trinajstić information content (AvgIpc) is 3.24. The fourth-order valence-electron chi connectivity index (χ4n) is 4.76. The van der Waals surface area contributed by atoms with Gasteiger partial charge in [0.1, 0.15) is 0 Å². The van der Waals surface area contributed by atoms with Crippen LogP contribution in [0.15, 0.2) is 47.6 Å². The maximum Gasteiger partial charge on any atom is 0.226 e. The number of hydrogen-bond acceptors (Lipinski definition) is 5. The van der Waals surface area contributed by atoms with E-state index < -0.39 is 5.72 Å². The van der Waals surface area contributed by atoms with Gasteiger partial charge in [0.2, 0.25) is 5.72 Å². The third kappa shape index (κ3) is 1.98. The summed E-state index contributed by atoms with van der Waals surface area (Å²) in [4.78, 5) is 8.69. The summed E-state index contributed by atoms with van der Waals surface area (Å²) in [7, 11) is 3.36. The molecule has 0 N–H and O–H groups in total. The van der Waals surface area contributed by atoms with Crippen LogP contribution in [0, 0.1) is 5.92 Å². The second kappa shape index (κ2) is 5.74. The van der Waals surface area contributed by atoms with E-state index in [-0.39, 0.29) is 5.92 Å². The summed E-state index contributed by atoms with van der Waals surface area (Å²) >= 11 is 0. The molecule has 26 heavy (non-hydrogen) atoms. The van der Waals surface area contributed by atoms with Gasteiger partial charge in [-0.3, -0.25) is 4.90 Å². The standard InChI is InChI=1S/C21H22N2O3/c1-24-18-12-15-8-10-23-11-9-16-20(14-6-4-3-5-7-14)22-26-21(16,23)17(15)13-19(18)25-2/h3-7,12-13,16H,8-11H2,1-2H3. The van der Waals surface area contributed by atoms with Gasteiger partial charge in [0.05, 0.1) is 25.8 Å². The topological polar surface area (TPSA) is 43.3 Å². The molecule has 0 bridgehead atoms. The van der Waals surface area contributed by atoms with E-state index in [2.05, 4.69) is 46.5 Å². The summed E-state index contributed by atoms with van der Waals surface area (Å²) in [6, 6.07) is 14.5. The molecule has 1 fully saturated rings. The lowest BCUT2D eigenvalue weighted by Crippen LogP contribution is -2.50. The fourth-order valence-corrected chi connectivity index (χ4v) is 4.76. The lowest BCUT2D eigenvalue weighted by Gasteiger charge is -2.41. The Morgan fingerprint density at radius 1 is 1.08 bits per heavy atom. The van der Waals surface area contributed by atoms with Gasteiger partial charge in [-0.25, -0.2) is 0 Å². The molecular formula is C21H22N2O3. The van der Waals surface area contributed by atoms with Crippen LogP contribution in [0.3, 0.4) is 0 Å². The number of ether oxygens (including phenoxy) is 2. The third-order valence-electron chi connectivity index (χ3n) is 5.96. The normalized spacial score (nSPS) is 26.4. The second-order valence-corrected chi connectivity index (χ2v) is 7.07. The van der Waals surface area contributed by atoms with E-state index in [1.165, 1.54) is 11.1 Å². The van der Waals surface area contributed by atoms with E-state index in [0.717, 1.165) is 48.7 Å². The summed E-state index contributed by atoms with van der Waals surface area (Å²) in [5.74, 6) is 1.74. The maximum absolute atomic E-state index is 6.25. The van der Waals surface area contributed by atoms with Crippen LogP contribution in [0.1, 0.15) is 23.1 Å². The SMILES string of the molecule is COc1cc2c(cc1OC)C13ON=C(c4ccccc4)C1CCN3CC2. The van der Waals surface area contributed by atoms with Gasteiger partial charge in [0, 0.05) is 18.7 Å². The lowest BCUT2D eigenvalue weighted by atomic mass is 9.80. The van der Waals surface area contributed by atoms with Gasteiger partial charge in [0.15, 0.2) is 11.5 Å². The molecule has 2 unspecified atom stereocenters. The monoisotopic (exact) mass is 350 g/mol. The zero-order valence-electron chi connectivity index (χ0n) is 15.1. The van der Waals surface area contributed by atoms with Crippen LogP contribution in [0.25, 0.3) is 0 Å². The maximum atomic E-state index is 6.25. The Morgan fingerprint density at radius 3 is 2.62 bits per heavy atom. The highest BCUT2D eigenvalue weighted by Crippen LogP contribution is 2.54. The van der Waals surface area contributed by atoms with Crippen LogP contribution < -0.4 is 9.47 Å². The predicted molar refractivity (Wildman–Crippen MR) is 98.7 cm³/mol. The van der Waals surface area contributed by atoms with Gasteiger partial charge in [-0.15, -0.1) is 0 Å². The van der Waals surface area contributed by atoms with Crippen LogP contribution in [0.2, 0.25) is 0 Å². The molecule has 5 nitrogen and oxygen atoms in total. The summed E-state index contributed by atoms with van der Waals surface area (Å²) < 4.78 is 11.1. The van der Waals surface area contributed by atoms with E-state index in [1.54, 1.807) is 14.2 Å². The molecule has 2 aromatic rings. The number of hydrogen-bond donors (Lipinski definition) is 0. The van der Waals surface area contributed by atoms with Crippen molar-refractivity contribution in [1.29, 1.82) is 0 Å². The van der Waals surface area contributed by atoms with Crippen LogP contribution >= 0.6 is 0 Å². The minimum absolute atomic E-state index is 0.224. The Labute approximate surface area is 153 Å². The highest BCUT2D eigenvalue weighted by Gasteiger charge is 2.60. The Morgan fingerprint density at radius 2 is 1.85 bits per heavy atom. The van der Waals surface area contributed by atoms with Crippen molar-refractivity contribution >= 4 is 5.71 Å². The van der Waals surface area contributed by atoms with Crippen LogP contribution in [0.5, 0.6) is 11.5 Å². The molecule has 3 aliphatic heterocycles. The summed E-state index contributed by atoms with van der Waals surface area (Å²) in [6.07, 6.45) is 2.02. The molecule has 3 heterocycles. The first-order chi connectivity index (χ1) is 12.8. The molecule has 0 amide bonds. The van der Waals surface area contributed by atoms with Gasteiger partial charge in [0.25, 0.3) is 0 Å². The van der Waals surface area contributed by atoms with Gasteiger partial charge < -0.3 is 14.3 Å². The van der Waals surface area contributed by atoms with Gasteiger partial charge in [-0.1, -0.05) is 35.5 Å². The molecule has 0 saturated carbocycles. The number of methoxy groups -OCH3 is 2. The average molecular weight is 350 g/mol. The molecule has 5 heteroatoms. The summed E-state index contributed by atoms with van der Waals surface area (Å²) in [6.45, 7) is 1.99. The molecule has 0 radical (unpaired) electrons. The zero-order valence-corrected chi connectivity index (χ0v) is 15.1. The molecule has 1 saturated heterocycles. The molecule has 2 aromatic carbocycles. The molecular weight excluding hydrogens is 328 g/mol. The van der Waals surface area contributed by atoms with Crippen LogP contribution in [-0.2, 0) is 17.0 Å². The van der Waals surface area contributed by atoms with Crippen LogP contribution in [0.4, 0.5) is 0 Å². The summed E-state index contributed by atoms with van der Waals surface area (Å²) in [5, 5.41) is 4.57. The van der Waals surface area contributed by atoms with Crippen molar-refractivity contribution < 1.29 is 14.3 Å². The first-order valence-electron chi connectivity index (χ1n) is 9.10. The van der Waals surface area contributed by atoms with Gasteiger partial charge in [-0.2, -0.15) is 0 Å². The van der Waals surface area contributed by atoms with E-state index in [9.17, 15) is 0 Å². The number of oxime groups is 1. The minimum Gasteiger partial charge on any atom is -0.493 e. The number of fused-ring (bicyclic) bond motifs is 1.